The zero-order chi connectivity index (χ0) is 16.9. The van der Waals surface area contributed by atoms with E-state index in [0.717, 1.165) is 6.07 Å². The van der Waals surface area contributed by atoms with Crippen LogP contribution in [-0.4, -0.2) is 55.2 Å². The molecule has 2 rings (SSSR count). The SMILES string of the molecule is O=c1ccn([C@@H]2O[C@](C(F)F)(C(O)(F)F)[C@@H](O)[C@H]2O)c(=O)[nH]1. The number of hydrogen-bond donors (Lipinski definition) is 4. The molecular formula is C10H10F4N2O6. The number of aliphatic hydroxyl groups is 3. The van der Waals surface area contributed by atoms with Gasteiger partial charge in [0.2, 0.25) is 5.60 Å². The van der Waals surface area contributed by atoms with Crippen LogP contribution in [0.3, 0.4) is 0 Å². The third-order valence-electron chi connectivity index (χ3n) is 3.29. The van der Waals surface area contributed by atoms with E-state index in [1.807, 2.05) is 0 Å². The molecule has 0 radical (unpaired) electrons. The first-order valence-corrected chi connectivity index (χ1v) is 5.76. The van der Waals surface area contributed by atoms with Crippen molar-refractivity contribution in [1.29, 1.82) is 0 Å². The van der Waals surface area contributed by atoms with Crippen molar-refractivity contribution in [2.24, 2.45) is 0 Å². The van der Waals surface area contributed by atoms with E-state index in [9.17, 15) is 37.4 Å². The van der Waals surface area contributed by atoms with Gasteiger partial charge in [0.1, 0.15) is 12.2 Å². The number of nitrogens with one attached hydrogen (secondary N) is 1. The number of rotatable bonds is 3. The second kappa shape index (κ2) is 5.15. The summed E-state index contributed by atoms with van der Waals surface area (Å²) >= 11 is 0. The summed E-state index contributed by atoms with van der Waals surface area (Å²) < 4.78 is 56.9. The summed E-state index contributed by atoms with van der Waals surface area (Å²) in [5.41, 5.74) is -6.26. The number of aromatic nitrogens is 2. The molecule has 1 saturated heterocycles. The van der Waals surface area contributed by atoms with E-state index >= 15 is 0 Å². The third kappa shape index (κ3) is 2.24. The number of aromatic amines is 1. The van der Waals surface area contributed by atoms with Crippen molar-refractivity contribution in [3.05, 3.63) is 33.1 Å². The van der Waals surface area contributed by atoms with Crippen molar-refractivity contribution in [3.8, 4) is 0 Å². The van der Waals surface area contributed by atoms with Crippen molar-refractivity contribution in [2.75, 3.05) is 0 Å². The molecule has 1 aromatic rings. The van der Waals surface area contributed by atoms with Gasteiger partial charge in [-0.3, -0.25) is 14.3 Å². The average Bonchev–Trinajstić information content (AvgIpc) is 2.64. The molecule has 124 valence electrons. The third-order valence-corrected chi connectivity index (χ3v) is 3.29. The van der Waals surface area contributed by atoms with Crippen molar-refractivity contribution < 1.29 is 37.6 Å². The maximum absolute atomic E-state index is 13.1. The lowest BCUT2D eigenvalue weighted by atomic mass is 9.94. The predicted octanol–water partition coefficient (Wildman–Crippen LogP) is -1.62. The molecule has 0 aromatic carbocycles. The van der Waals surface area contributed by atoms with Gasteiger partial charge in [-0.25, -0.2) is 13.6 Å². The van der Waals surface area contributed by atoms with Crippen LogP contribution in [0.1, 0.15) is 6.23 Å². The van der Waals surface area contributed by atoms with Crippen LogP contribution < -0.4 is 11.2 Å². The monoisotopic (exact) mass is 330 g/mol. The van der Waals surface area contributed by atoms with Crippen molar-refractivity contribution in [3.63, 3.8) is 0 Å². The zero-order valence-corrected chi connectivity index (χ0v) is 10.5. The Morgan fingerprint density at radius 1 is 1.36 bits per heavy atom. The Morgan fingerprint density at radius 3 is 2.36 bits per heavy atom. The van der Waals surface area contributed by atoms with Gasteiger partial charge in [-0.2, -0.15) is 8.78 Å². The lowest BCUT2D eigenvalue weighted by molar-refractivity contribution is -0.363. The van der Waals surface area contributed by atoms with Gasteiger partial charge >= 0.3 is 11.8 Å². The number of ether oxygens (including phenoxy) is 1. The smallest absolute Gasteiger partial charge is 0.387 e. The van der Waals surface area contributed by atoms with Gasteiger partial charge in [0.05, 0.1) is 0 Å². The summed E-state index contributed by atoms with van der Waals surface area (Å²) in [5.74, 6) is 0. The number of H-pyrrole nitrogens is 1. The summed E-state index contributed by atoms with van der Waals surface area (Å²) in [7, 11) is 0. The van der Waals surface area contributed by atoms with Crippen LogP contribution in [0.4, 0.5) is 17.6 Å². The Labute approximate surface area is 118 Å². The van der Waals surface area contributed by atoms with Gasteiger partial charge in [-0.15, -0.1) is 0 Å². The summed E-state index contributed by atoms with van der Waals surface area (Å²) in [4.78, 5) is 24.1. The van der Waals surface area contributed by atoms with Gasteiger partial charge in [0, 0.05) is 12.3 Å². The standard InChI is InChI=1S/C10H10F4N2O6/c11-7(12)9(10(13,14)21)5(19)4(18)6(22-9)16-2-1-3(17)15-8(16)20/h1-2,4-7,18-19,21H,(H,15,17,20)/t4-,5+,6-,9-/m1/s1. The Balaban J connectivity index is 2.54. The normalized spacial score (nSPS) is 32.6. The number of halogens is 4. The predicted molar refractivity (Wildman–Crippen MR) is 59.4 cm³/mol. The molecular weight excluding hydrogens is 320 g/mol. The van der Waals surface area contributed by atoms with Crippen LogP contribution in [-0.2, 0) is 4.74 Å². The fourth-order valence-electron chi connectivity index (χ4n) is 2.16. The van der Waals surface area contributed by atoms with E-state index in [4.69, 9.17) is 5.11 Å². The highest BCUT2D eigenvalue weighted by atomic mass is 19.3. The molecule has 12 heteroatoms. The summed E-state index contributed by atoms with van der Waals surface area (Å²) in [5, 5.41) is 27.8. The number of hydrogen-bond acceptors (Lipinski definition) is 6. The minimum Gasteiger partial charge on any atom is -0.387 e. The first-order valence-electron chi connectivity index (χ1n) is 5.76. The molecule has 1 aliphatic rings. The first kappa shape index (κ1) is 16.6. The van der Waals surface area contributed by atoms with Crippen molar-refractivity contribution in [2.45, 2.75) is 36.6 Å². The van der Waals surface area contributed by atoms with E-state index in [1.165, 1.54) is 0 Å². The number of nitrogens with zero attached hydrogens (tertiary/aromatic N) is 1. The van der Waals surface area contributed by atoms with Gasteiger partial charge in [0.25, 0.3) is 12.0 Å². The van der Waals surface area contributed by atoms with E-state index in [-0.39, 0.29) is 0 Å². The summed E-state index contributed by atoms with van der Waals surface area (Å²) in [6.45, 7) is 0. The molecule has 2 heterocycles. The van der Waals surface area contributed by atoms with Crippen LogP contribution in [0, 0.1) is 0 Å². The lowest BCUT2D eigenvalue weighted by Crippen LogP contribution is -2.61. The van der Waals surface area contributed by atoms with E-state index in [2.05, 4.69) is 4.74 Å². The summed E-state index contributed by atoms with van der Waals surface area (Å²) in [6.07, 6.45) is -16.1. The van der Waals surface area contributed by atoms with E-state index < -0.39 is 47.8 Å². The lowest BCUT2D eigenvalue weighted by Gasteiger charge is -2.34. The second-order valence-electron chi connectivity index (χ2n) is 4.60. The summed E-state index contributed by atoms with van der Waals surface area (Å²) in [6, 6.07) is 0.739. The van der Waals surface area contributed by atoms with Crippen molar-refractivity contribution in [1.82, 2.24) is 9.55 Å². The largest absolute Gasteiger partial charge is 0.390 e. The molecule has 1 aromatic heterocycles. The van der Waals surface area contributed by atoms with Gasteiger partial charge in [-0.05, 0) is 0 Å². The second-order valence-corrected chi connectivity index (χ2v) is 4.60. The minimum atomic E-state index is -5.22. The molecule has 4 atom stereocenters. The van der Waals surface area contributed by atoms with E-state index in [1.54, 1.807) is 4.98 Å². The van der Waals surface area contributed by atoms with Crippen LogP contribution in [0.25, 0.3) is 0 Å². The maximum Gasteiger partial charge on any atom is 0.390 e. The molecule has 4 N–H and O–H groups in total. The topological polar surface area (TPSA) is 125 Å². The quantitative estimate of drug-likeness (QED) is 0.494. The highest BCUT2D eigenvalue weighted by molar-refractivity contribution is 5.07. The van der Waals surface area contributed by atoms with Gasteiger partial charge in [-0.1, -0.05) is 0 Å². The number of aliphatic hydroxyl groups excluding tert-OH is 2. The zero-order valence-electron chi connectivity index (χ0n) is 10.5. The molecule has 1 fully saturated rings. The first-order chi connectivity index (χ1) is 10.0. The van der Waals surface area contributed by atoms with E-state index in [0.29, 0.717) is 10.8 Å². The highest BCUT2D eigenvalue weighted by Crippen LogP contribution is 2.48. The molecule has 22 heavy (non-hydrogen) atoms. The molecule has 0 bridgehead atoms. The molecule has 0 spiro atoms. The fraction of sp³-hybridized carbons (Fsp3) is 0.600. The Kier molecular flexibility index (Phi) is 3.89. The molecule has 0 saturated carbocycles. The van der Waals surface area contributed by atoms with Crippen LogP contribution in [0.2, 0.25) is 0 Å². The van der Waals surface area contributed by atoms with Crippen molar-refractivity contribution >= 4 is 0 Å². The molecule has 1 aliphatic heterocycles. The van der Waals surface area contributed by atoms with Crippen LogP contribution in [0.15, 0.2) is 21.9 Å². The Bertz CT molecular complexity index is 670. The highest BCUT2D eigenvalue weighted by Gasteiger charge is 2.73. The fourth-order valence-corrected chi connectivity index (χ4v) is 2.16. The average molecular weight is 330 g/mol. The molecule has 0 amide bonds. The minimum absolute atomic E-state index is 0.325. The Morgan fingerprint density at radius 2 is 1.95 bits per heavy atom. The molecule has 8 nitrogen and oxygen atoms in total. The molecule has 0 unspecified atom stereocenters. The van der Waals surface area contributed by atoms with Gasteiger partial charge < -0.3 is 20.1 Å². The molecule has 0 aliphatic carbocycles. The maximum atomic E-state index is 13.1. The number of alkyl halides is 4. The van der Waals surface area contributed by atoms with Crippen LogP contribution in [0.5, 0.6) is 0 Å². The van der Waals surface area contributed by atoms with Gasteiger partial charge in [0.15, 0.2) is 6.23 Å². The van der Waals surface area contributed by atoms with Crippen LogP contribution >= 0.6 is 0 Å². The Hall–Kier alpha value is -1.76.